The van der Waals surface area contributed by atoms with Gasteiger partial charge in [0, 0.05) is 19.0 Å². The molecule has 3 nitrogen and oxygen atoms in total. The van der Waals surface area contributed by atoms with E-state index in [0.717, 1.165) is 45.2 Å². The van der Waals surface area contributed by atoms with Gasteiger partial charge in [0.25, 0.3) is 0 Å². The number of hydrogen-bond donors (Lipinski definition) is 0. The maximum atomic E-state index is 11.4. The molecule has 1 heterocycles. The predicted octanol–water partition coefficient (Wildman–Crippen LogP) is 2.63. The highest BCUT2D eigenvalue weighted by atomic mass is 35.5. The molecule has 1 aliphatic heterocycles. The zero-order valence-corrected chi connectivity index (χ0v) is 9.26. The smallest absolute Gasteiger partial charge is 0.409 e. The van der Waals surface area contributed by atoms with Crippen molar-refractivity contribution in [3.8, 4) is 0 Å². The Balaban J connectivity index is 1.97. The summed E-state index contributed by atoms with van der Waals surface area (Å²) >= 11 is 5.53. The molecular formula is C10H18ClNO2. The molecule has 0 saturated carbocycles. The van der Waals surface area contributed by atoms with Gasteiger partial charge < -0.3 is 9.64 Å². The number of nitrogens with zero attached hydrogens (tertiary/aromatic N) is 1. The van der Waals surface area contributed by atoms with E-state index in [4.69, 9.17) is 16.3 Å². The van der Waals surface area contributed by atoms with Crippen LogP contribution in [-0.2, 0) is 4.74 Å². The Bertz CT molecular complexity index is 170. The Labute approximate surface area is 90.4 Å². The van der Waals surface area contributed by atoms with Gasteiger partial charge in [-0.3, -0.25) is 0 Å². The minimum Gasteiger partial charge on any atom is -0.449 e. The third-order valence-corrected chi connectivity index (χ3v) is 2.64. The molecule has 0 atom stereocenters. The molecule has 0 N–H and O–H groups in total. The summed E-state index contributed by atoms with van der Waals surface area (Å²) in [5.41, 5.74) is 0. The Kier molecular flexibility index (Phi) is 5.76. The number of likely N-dealkylation sites (tertiary alicyclic amines) is 1. The summed E-state index contributed by atoms with van der Waals surface area (Å²) in [5.74, 6) is 0.695. The van der Waals surface area contributed by atoms with Gasteiger partial charge in [0.1, 0.15) is 0 Å². The van der Waals surface area contributed by atoms with Gasteiger partial charge in [-0.25, -0.2) is 4.79 Å². The molecule has 0 bridgehead atoms. The summed E-state index contributed by atoms with van der Waals surface area (Å²) in [7, 11) is 0. The predicted molar refractivity (Wildman–Crippen MR) is 56.7 cm³/mol. The lowest BCUT2D eigenvalue weighted by atomic mass is 10.3. The van der Waals surface area contributed by atoms with Gasteiger partial charge in [0.05, 0.1) is 6.61 Å². The SMILES string of the molecule is O=C(OCCCCCCl)N1CCCC1. The molecule has 14 heavy (non-hydrogen) atoms. The largest absolute Gasteiger partial charge is 0.449 e. The van der Waals surface area contributed by atoms with Gasteiger partial charge in [0.2, 0.25) is 0 Å². The van der Waals surface area contributed by atoms with Crippen LogP contribution in [0.4, 0.5) is 4.79 Å². The molecule has 1 saturated heterocycles. The lowest BCUT2D eigenvalue weighted by Crippen LogP contribution is -2.28. The van der Waals surface area contributed by atoms with Gasteiger partial charge in [-0.1, -0.05) is 0 Å². The standard InChI is InChI=1S/C10H18ClNO2/c11-6-2-1-5-9-14-10(13)12-7-3-4-8-12/h1-9H2. The summed E-state index contributed by atoms with van der Waals surface area (Å²) in [6, 6.07) is 0. The average molecular weight is 220 g/mol. The monoisotopic (exact) mass is 219 g/mol. The van der Waals surface area contributed by atoms with Crippen molar-refractivity contribution in [1.29, 1.82) is 0 Å². The molecule has 0 aromatic heterocycles. The lowest BCUT2D eigenvalue weighted by molar-refractivity contribution is 0.109. The highest BCUT2D eigenvalue weighted by Gasteiger charge is 2.18. The van der Waals surface area contributed by atoms with Crippen LogP contribution in [0.2, 0.25) is 0 Å². The first-order valence-electron chi connectivity index (χ1n) is 5.32. The van der Waals surface area contributed by atoms with Crippen molar-refractivity contribution in [3.63, 3.8) is 0 Å². The van der Waals surface area contributed by atoms with E-state index in [0.29, 0.717) is 12.5 Å². The number of unbranched alkanes of at least 4 members (excludes halogenated alkanes) is 2. The summed E-state index contributed by atoms with van der Waals surface area (Å²) < 4.78 is 5.12. The molecule has 0 radical (unpaired) electrons. The van der Waals surface area contributed by atoms with Crippen molar-refractivity contribution in [2.45, 2.75) is 32.1 Å². The van der Waals surface area contributed by atoms with Crippen LogP contribution in [0, 0.1) is 0 Å². The summed E-state index contributed by atoms with van der Waals surface area (Å²) in [5, 5.41) is 0. The second-order valence-corrected chi connectivity index (χ2v) is 3.94. The van der Waals surface area contributed by atoms with Crippen molar-refractivity contribution in [2.75, 3.05) is 25.6 Å². The number of rotatable bonds is 5. The molecule has 0 spiro atoms. The van der Waals surface area contributed by atoms with Crippen molar-refractivity contribution in [3.05, 3.63) is 0 Å². The third-order valence-electron chi connectivity index (χ3n) is 2.37. The fourth-order valence-electron chi connectivity index (χ4n) is 1.52. The van der Waals surface area contributed by atoms with E-state index in [-0.39, 0.29) is 6.09 Å². The number of alkyl halides is 1. The molecule has 82 valence electrons. The Hall–Kier alpha value is -0.440. The molecule has 0 aromatic rings. The van der Waals surface area contributed by atoms with Crippen LogP contribution in [0.1, 0.15) is 32.1 Å². The summed E-state index contributed by atoms with van der Waals surface area (Å²) in [6.07, 6.45) is 5.04. The molecule has 1 aliphatic rings. The minimum atomic E-state index is -0.145. The van der Waals surface area contributed by atoms with Crippen molar-refractivity contribution >= 4 is 17.7 Å². The van der Waals surface area contributed by atoms with Crippen LogP contribution in [0.3, 0.4) is 0 Å². The second kappa shape index (κ2) is 6.93. The molecular weight excluding hydrogens is 202 g/mol. The van der Waals surface area contributed by atoms with Crippen LogP contribution >= 0.6 is 11.6 Å². The molecule has 1 amide bonds. The summed E-state index contributed by atoms with van der Waals surface area (Å²) in [4.78, 5) is 13.1. The topological polar surface area (TPSA) is 29.5 Å². The molecule has 1 fully saturated rings. The van der Waals surface area contributed by atoms with Gasteiger partial charge in [-0.2, -0.15) is 0 Å². The molecule has 0 unspecified atom stereocenters. The van der Waals surface area contributed by atoms with E-state index in [1.54, 1.807) is 4.90 Å². The molecule has 1 rings (SSSR count). The molecule has 0 aromatic carbocycles. The highest BCUT2D eigenvalue weighted by Crippen LogP contribution is 2.09. The molecule has 0 aliphatic carbocycles. The number of carbonyl (C=O) groups is 1. The van der Waals surface area contributed by atoms with Gasteiger partial charge >= 0.3 is 6.09 Å². The van der Waals surface area contributed by atoms with Crippen molar-refractivity contribution in [2.24, 2.45) is 0 Å². The first-order valence-corrected chi connectivity index (χ1v) is 5.85. The maximum Gasteiger partial charge on any atom is 0.409 e. The fraction of sp³-hybridized carbons (Fsp3) is 0.900. The van der Waals surface area contributed by atoms with Crippen molar-refractivity contribution < 1.29 is 9.53 Å². The first kappa shape index (κ1) is 11.6. The van der Waals surface area contributed by atoms with E-state index in [1.165, 1.54) is 0 Å². The number of hydrogen-bond acceptors (Lipinski definition) is 2. The van der Waals surface area contributed by atoms with E-state index >= 15 is 0 Å². The van der Waals surface area contributed by atoms with Crippen LogP contribution in [0.5, 0.6) is 0 Å². The fourth-order valence-corrected chi connectivity index (χ4v) is 1.71. The number of carbonyl (C=O) groups excluding carboxylic acids is 1. The van der Waals surface area contributed by atoms with Gasteiger partial charge in [-0.05, 0) is 32.1 Å². The quantitative estimate of drug-likeness (QED) is 0.526. The van der Waals surface area contributed by atoms with E-state index in [9.17, 15) is 4.79 Å². The van der Waals surface area contributed by atoms with Crippen LogP contribution in [-0.4, -0.2) is 36.6 Å². The number of halogens is 1. The average Bonchev–Trinajstić information content (AvgIpc) is 2.70. The normalized spacial score (nSPS) is 15.9. The Morgan fingerprint density at radius 2 is 1.93 bits per heavy atom. The molecule has 4 heteroatoms. The van der Waals surface area contributed by atoms with Gasteiger partial charge in [0.15, 0.2) is 0 Å². The van der Waals surface area contributed by atoms with Crippen LogP contribution < -0.4 is 0 Å². The lowest BCUT2D eigenvalue weighted by Gasteiger charge is -2.14. The number of amides is 1. The Morgan fingerprint density at radius 1 is 1.21 bits per heavy atom. The van der Waals surface area contributed by atoms with Crippen LogP contribution in [0.25, 0.3) is 0 Å². The van der Waals surface area contributed by atoms with Crippen LogP contribution in [0.15, 0.2) is 0 Å². The second-order valence-electron chi connectivity index (χ2n) is 3.56. The third kappa shape index (κ3) is 4.18. The first-order chi connectivity index (χ1) is 6.84. The van der Waals surface area contributed by atoms with E-state index in [1.807, 2.05) is 0 Å². The zero-order valence-electron chi connectivity index (χ0n) is 8.51. The zero-order chi connectivity index (χ0) is 10.2. The minimum absolute atomic E-state index is 0.145. The van der Waals surface area contributed by atoms with E-state index < -0.39 is 0 Å². The highest BCUT2D eigenvalue weighted by molar-refractivity contribution is 6.17. The summed E-state index contributed by atoms with van der Waals surface area (Å²) in [6.45, 7) is 2.26. The number of ether oxygens (including phenoxy) is 1. The van der Waals surface area contributed by atoms with Crippen molar-refractivity contribution in [1.82, 2.24) is 4.90 Å². The van der Waals surface area contributed by atoms with E-state index in [2.05, 4.69) is 0 Å². The maximum absolute atomic E-state index is 11.4. The van der Waals surface area contributed by atoms with Gasteiger partial charge in [-0.15, -0.1) is 11.6 Å². The Morgan fingerprint density at radius 3 is 2.57 bits per heavy atom.